The molecule has 4 nitrogen and oxygen atoms in total. The Kier molecular flexibility index (Phi) is 2.05. The minimum absolute atomic E-state index is 0.0945. The molecule has 0 saturated carbocycles. The molecular weight excluding hydrogens is 178 g/mol. The Balaban J connectivity index is 2.79. The molecular formula is C10H11N3O. The number of rotatable bonds is 1. The fourth-order valence-electron chi connectivity index (χ4n) is 1.31. The van der Waals surface area contributed by atoms with Gasteiger partial charge < -0.3 is 5.73 Å². The fraction of sp³-hybridized carbons (Fsp3) is 0.200. The summed E-state index contributed by atoms with van der Waals surface area (Å²) in [6.45, 7) is 1.81. The lowest BCUT2D eigenvalue weighted by Gasteiger charge is -2.05. The van der Waals surface area contributed by atoms with Gasteiger partial charge >= 0.3 is 0 Å². The first-order valence-corrected chi connectivity index (χ1v) is 4.42. The lowest BCUT2D eigenvalue weighted by molar-refractivity contribution is 0.773. The molecule has 1 unspecified atom stereocenters. The fourth-order valence-corrected chi connectivity index (χ4v) is 1.31. The molecule has 2 aromatic rings. The molecule has 0 amide bonds. The molecule has 2 heterocycles. The molecule has 0 radical (unpaired) electrons. The van der Waals surface area contributed by atoms with E-state index in [-0.39, 0.29) is 11.6 Å². The predicted molar refractivity (Wildman–Crippen MR) is 54.1 cm³/mol. The smallest absolute Gasteiger partial charge is 0.258 e. The van der Waals surface area contributed by atoms with Gasteiger partial charge in [-0.05, 0) is 19.1 Å². The van der Waals surface area contributed by atoms with Crippen LogP contribution in [0.1, 0.15) is 18.7 Å². The van der Waals surface area contributed by atoms with E-state index < -0.39 is 0 Å². The summed E-state index contributed by atoms with van der Waals surface area (Å²) in [4.78, 5) is 15.8. The molecule has 0 spiro atoms. The van der Waals surface area contributed by atoms with Gasteiger partial charge in [0.05, 0.1) is 5.69 Å². The Morgan fingerprint density at radius 2 is 2.29 bits per heavy atom. The van der Waals surface area contributed by atoms with E-state index in [9.17, 15) is 4.79 Å². The molecule has 2 N–H and O–H groups in total. The Morgan fingerprint density at radius 3 is 3.00 bits per heavy atom. The van der Waals surface area contributed by atoms with Crippen molar-refractivity contribution in [1.82, 2.24) is 9.38 Å². The van der Waals surface area contributed by atoms with E-state index in [1.165, 1.54) is 10.5 Å². The monoisotopic (exact) mass is 189 g/mol. The second-order valence-corrected chi connectivity index (χ2v) is 3.24. The summed E-state index contributed by atoms with van der Waals surface area (Å²) in [6.07, 6.45) is 1.69. The quantitative estimate of drug-likeness (QED) is 0.718. The van der Waals surface area contributed by atoms with E-state index in [4.69, 9.17) is 5.73 Å². The molecule has 14 heavy (non-hydrogen) atoms. The molecule has 0 aromatic carbocycles. The molecule has 2 aromatic heterocycles. The first-order chi connectivity index (χ1) is 6.68. The van der Waals surface area contributed by atoms with Crippen LogP contribution in [0.15, 0.2) is 35.3 Å². The van der Waals surface area contributed by atoms with Gasteiger partial charge in [0.25, 0.3) is 5.56 Å². The van der Waals surface area contributed by atoms with E-state index in [1.54, 1.807) is 25.3 Å². The molecule has 4 heteroatoms. The number of pyridine rings is 1. The van der Waals surface area contributed by atoms with Crippen molar-refractivity contribution in [3.8, 4) is 0 Å². The number of nitrogens with two attached hydrogens (primary N) is 1. The van der Waals surface area contributed by atoms with Crippen molar-refractivity contribution < 1.29 is 0 Å². The van der Waals surface area contributed by atoms with Crippen LogP contribution in [0, 0.1) is 0 Å². The summed E-state index contributed by atoms with van der Waals surface area (Å²) in [5.74, 6) is 0. The van der Waals surface area contributed by atoms with Gasteiger partial charge in [-0.1, -0.05) is 6.07 Å². The zero-order valence-electron chi connectivity index (χ0n) is 7.84. The van der Waals surface area contributed by atoms with Gasteiger partial charge in [-0.25, -0.2) is 4.98 Å². The number of aromatic nitrogens is 2. The van der Waals surface area contributed by atoms with Crippen LogP contribution in [0.2, 0.25) is 0 Å². The molecule has 0 fully saturated rings. The third-order valence-electron chi connectivity index (χ3n) is 2.06. The van der Waals surface area contributed by atoms with E-state index in [0.29, 0.717) is 11.3 Å². The van der Waals surface area contributed by atoms with Crippen LogP contribution in [0.3, 0.4) is 0 Å². The third kappa shape index (κ3) is 1.40. The van der Waals surface area contributed by atoms with Gasteiger partial charge in [0.1, 0.15) is 5.65 Å². The van der Waals surface area contributed by atoms with Gasteiger partial charge in [-0.3, -0.25) is 9.20 Å². The lowest BCUT2D eigenvalue weighted by Crippen LogP contribution is -2.18. The van der Waals surface area contributed by atoms with Gasteiger partial charge in [-0.2, -0.15) is 0 Å². The summed E-state index contributed by atoms with van der Waals surface area (Å²) in [5, 5.41) is 0. The zero-order chi connectivity index (χ0) is 10.1. The molecule has 0 saturated heterocycles. The van der Waals surface area contributed by atoms with Crippen molar-refractivity contribution in [2.75, 3.05) is 0 Å². The number of hydrogen-bond donors (Lipinski definition) is 1. The largest absolute Gasteiger partial charge is 0.323 e. The average molecular weight is 189 g/mol. The highest BCUT2D eigenvalue weighted by Gasteiger charge is 2.04. The van der Waals surface area contributed by atoms with Crippen molar-refractivity contribution >= 4 is 5.65 Å². The minimum Gasteiger partial charge on any atom is -0.323 e. The summed E-state index contributed by atoms with van der Waals surface area (Å²) in [6, 6.07) is 6.67. The Hall–Kier alpha value is -1.68. The topological polar surface area (TPSA) is 60.4 Å². The van der Waals surface area contributed by atoms with Crippen LogP contribution in [0.25, 0.3) is 5.65 Å². The minimum atomic E-state index is -0.215. The van der Waals surface area contributed by atoms with E-state index in [0.717, 1.165) is 0 Å². The number of fused-ring (bicyclic) bond motifs is 1. The number of hydrogen-bond acceptors (Lipinski definition) is 3. The molecule has 0 aliphatic carbocycles. The second-order valence-electron chi connectivity index (χ2n) is 3.24. The predicted octanol–water partition coefficient (Wildman–Crippen LogP) is 0.714. The highest BCUT2D eigenvalue weighted by molar-refractivity contribution is 5.38. The first-order valence-electron chi connectivity index (χ1n) is 4.42. The number of nitrogens with zero attached hydrogens (tertiary/aromatic N) is 2. The zero-order valence-corrected chi connectivity index (χ0v) is 7.84. The van der Waals surface area contributed by atoms with Crippen LogP contribution in [-0.4, -0.2) is 9.38 Å². The Bertz CT molecular complexity index is 516. The highest BCUT2D eigenvalue weighted by Crippen LogP contribution is 2.04. The van der Waals surface area contributed by atoms with Gasteiger partial charge in [-0.15, -0.1) is 0 Å². The van der Waals surface area contributed by atoms with Crippen LogP contribution in [0.5, 0.6) is 0 Å². The second kappa shape index (κ2) is 3.23. The molecule has 0 aliphatic rings. The standard InChI is InChI=1S/C10H11N3O/c1-7(11)8-6-10(14)13-5-3-2-4-9(13)12-8/h2-7H,11H2,1H3. The molecule has 0 aliphatic heterocycles. The van der Waals surface area contributed by atoms with E-state index in [2.05, 4.69) is 4.98 Å². The SMILES string of the molecule is CC(N)c1cc(=O)n2ccccc2n1. The maximum atomic E-state index is 11.6. The summed E-state index contributed by atoms with van der Waals surface area (Å²) < 4.78 is 1.49. The van der Waals surface area contributed by atoms with Gasteiger partial charge in [0.15, 0.2) is 0 Å². The van der Waals surface area contributed by atoms with Crippen molar-refractivity contribution in [2.24, 2.45) is 5.73 Å². The van der Waals surface area contributed by atoms with Gasteiger partial charge in [0, 0.05) is 18.3 Å². The van der Waals surface area contributed by atoms with E-state index in [1.807, 2.05) is 6.07 Å². The van der Waals surface area contributed by atoms with Crippen LogP contribution in [0.4, 0.5) is 0 Å². The molecule has 72 valence electrons. The Labute approximate surface area is 81.0 Å². The summed E-state index contributed by atoms with van der Waals surface area (Å²) in [7, 11) is 0. The molecule has 1 atom stereocenters. The van der Waals surface area contributed by atoms with Gasteiger partial charge in [0.2, 0.25) is 0 Å². The lowest BCUT2D eigenvalue weighted by atomic mass is 10.2. The third-order valence-corrected chi connectivity index (χ3v) is 2.06. The first kappa shape index (κ1) is 8.90. The summed E-state index contributed by atoms with van der Waals surface area (Å²) >= 11 is 0. The highest BCUT2D eigenvalue weighted by atomic mass is 16.1. The molecule has 2 rings (SSSR count). The van der Waals surface area contributed by atoms with Crippen LogP contribution < -0.4 is 11.3 Å². The van der Waals surface area contributed by atoms with Crippen molar-refractivity contribution in [3.05, 3.63) is 46.5 Å². The Morgan fingerprint density at radius 1 is 1.50 bits per heavy atom. The van der Waals surface area contributed by atoms with E-state index >= 15 is 0 Å². The maximum Gasteiger partial charge on any atom is 0.258 e. The summed E-state index contributed by atoms with van der Waals surface area (Å²) in [5.41, 5.74) is 6.83. The average Bonchev–Trinajstić information content (AvgIpc) is 2.17. The van der Waals surface area contributed by atoms with Crippen molar-refractivity contribution in [2.45, 2.75) is 13.0 Å². The van der Waals surface area contributed by atoms with Crippen molar-refractivity contribution in [1.29, 1.82) is 0 Å². The van der Waals surface area contributed by atoms with Crippen LogP contribution >= 0.6 is 0 Å². The normalized spacial score (nSPS) is 13.0. The molecule has 0 bridgehead atoms. The maximum absolute atomic E-state index is 11.6. The van der Waals surface area contributed by atoms with Crippen molar-refractivity contribution in [3.63, 3.8) is 0 Å². The van der Waals surface area contributed by atoms with Crippen LogP contribution in [-0.2, 0) is 0 Å².